The quantitative estimate of drug-likeness (QED) is 0.779. The van der Waals surface area contributed by atoms with Gasteiger partial charge in [-0.3, -0.25) is 9.59 Å². The molecule has 1 aromatic heterocycles. The molecule has 0 radical (unpaired) electrons. The number of nitrogens with one attached hydrogen (secondary N) is 1. The summed E-state index contributed by atoms with van der Waals surface area (Å²) in [4.78, 5) is 27.9. The molecule has 0 spiro atoms. The lowest BCUT2D eigenvalue weighted by Gasteiger charge is -2.12. The van der Waals surface area contributed by atoms with E-state index in [1.54, 1.807) is 0 Å². The highest BCUT2D eigenvalue weighted by molar-refractivity contribution is 8.02. The average Bonchev–Trinajstić information content (AvgIpc) is 2.57. The molecular weight excluding hydrogens is 282 g/mol. The predicted molar refractivity (Wildman–Crippen MR) is 78.3 cm³/mol. The molecular formula is C12H19N3O2S2. The number of amides is 2. The van der Waals surface area contributed by atoms with Gasteiger partial charge in [-0.25, -0.2) is 4.98 Å². The van der Waals surface area contributed by atoms with Gasteiger partial charge in [-0.05, 0) is 27.7 Å². The number of nitrogens with two attached hydrogens (primary N) is 1. The van der Waals surface area contributed by atoms with Crippen molar-refractivity contribution in [3.63, 3.8) is 0 Å². The maximum atomic E-state index is 11.8. The van der Waals surface area contributed by atoms with E-state index in [1.165, 1.54) is 23.1 Å². The Labute approximate surface area is 121 Å². The number of nitrogens with zero attached hydrogens (tertiary/aromatic N) is 1. The van der Waals surface area contributed by atoms with Crippen molar-refractivity contribution >= 4 is 34.9 Å². The van der Waals surface area contributed by atoms with E-state index >= 15 is 0 Å². The third kappa shape index (κ3) is 5.20. The lowest BCUT2D eigenvalue weighted by Crippen LogP contribution is -2.35. The number of rotatable bonds is 6. The molecule has 0 aliphatic rings. The predicted octanol–water partition coefficient (Wildman–Crippen LogP) is 1.48. The molecule has 19 heavy (non-hydrogen) atoms. The van der Waals surface area contributed by atoms with Crippen LogP contribution in [0.15, 0.2) is 4.34 Å². The Morgan fingerprint density at radius 2 is 2.05 bits per heavy atom. The monoisotopic (exact) mass is 301 g/mol. The molecule has 1 heterocycles. The normalized spacial score (nSPS) is 12.5. The summed E-state index contributed by atoms with van der Waals surface area (Å²) in [7, 11) is 0. The number of hydrogen-bond donors (Lipinski definition) is 2. The van der Waals surface area contributed by atoms with Crippen molar-refractivity contribution in [1.29, 1.82) is 0 Å². The van der Waals surface area contributed by atoms with Crippen LogP contribution in [0.25, 0.3) is 0 Å². The van der Waals surface area contributed by atoms with Gasteiger partial charge in [-0.15, -0.1) is 11.3 Å². The van der Waals surface area contributed by atoms with Crippen LogP contribution in [0.3, 0.4) is 0 Å². The number of carbonyl (C=O) groups excluding carboxylic acids is 2. The van der Waals surface area contributed by atoms with Gasteiger partial charge in [0.2, 0.25) is 11.8 Å². The number of thiazole rings is 1. The second kappa shape index (κ2) is 6.91. The lowest BCUT2D eigenvalue weighted by molar-refractivity contribution is -0.120. The number of aromatic nitrogens is 1. The van der Waals surface area contributed by atoms with Crippen molar-refractivity contribution in [3.05, 3.63) is 10.6 Å². The van der Waals surface area contributed by atoms with Crippen molar-refractivity contribution in [2.45, 2.75) is 49.7 Å². The van der Waals surface area contributed by atoms with Crippen molar-refractivity contribution in [1.82, 2.24) is 10.3 Å². The molecule has 1 unspecified atom stereocenters. The maximum Gasteiger partial charge on any atom is 0.233 e. The minimum atomic E-state index is -0.367. The van der Waals surface area contributed by atoms with E-state index in [0.717, 1.165) is 14.9 Å². The fraction of sp³-hybridized carbons (Fsp3) is 0.583. The molecule has 7 heteroatoms. The van der Waals surface area contributed by atoms with Crippen LogP contribution in [-0.4, -0.2) is 28.1 Å². The minimum Gasteiger partial charge on any atom is -0.369 e. The Morgan fingerprint density at radius 3 is 2.58 bits per heavy atom. The molecule has 0 saturated carbocycles. The van der Waals surface area contributed by atoms with E-state index in [-0.39, 0.29) is 29.5 Å². The number of hydrogen-bond acceptors (Lipinski definition) is 5. The first kappa shape index (κ1) is 16.0. The lowest BCUT2D eigenvalue weighted by atomic mass is 10.3. The maximum absolute atomic E-state index is 11.8. The number of primary amides is 1. The number of aryl methyl sites for hydroxylation is 1. The van der Waals surface area contributed by atoms with Crippen molar-refractivity contribution in [2.24, 2.45) is 5.73 Å². The molecule has 0 bridgehead atoms. The van der Waals surface area contributed by atoms with E-state index in [4.69, 9.17) is 5.73 Å². The molecule has 5 nitrogen and oxygen atoms in total. The highest BCUT2D eigenvalue weighted by Crippen LogP contribution is 2.30. The molecule has 106 valence electrons. The van der Waals surface area contributed by atoms with Crippen molar-refractivity contribution in [2.75, 3.05) is 0 Å². The molecule has 1 aromatic rings. The van der Waals surface area contributed by atoms with Crippen LogP contribution in [0.1, 0.15) is 31.3 Å². The van der Waals surface area contributed by atoms with Gasteiger partial charge in [-0.2, -0.15) is 0 Å². The van der Waals surface area contributed by atoms with Crippen LogP contribution in [0, 0.1) is 6.92 Å². The summed E-state index contributed by atoms with van der Waals surface area (Å²) < 4.78 is 0.792. The second-order valence-electron chi connectivity index (χ2n) is 4.55. The molecule has 0 aliphatic carbocycles. The van der Waals surface area contributed by atoms with Gasteiger partial charge in [0.05, 0.1) is 17.4 Å². The van der Waals surface area contributed by atoms with Crippen molar-refractivity contribution in [3.8, 4) is 0 Å². The zero-order valence-corrected chi connectivity index (χ0v) is 13.2. The van der Waals surface area contributed by atoms with E-state index in [0.29, 0.717) is 0 Å². The first-order valence-electron chi connectivity index (χ1n) is 6.01. The summed E-state index contributed by atoms with van der Waals surface area (Å²) in [6.45, 7) is 7.53. The number of carbonyl (C=O) groups is 2. The smallest absolute Gasteiger partial charge is 0.233 e. The van der Waals surface area contributed by atoms with E-state index in [2.05, 4.69) is 10.3 Å². The van der Waals surface area contributed by atoms with Crippen LogP contribution in [-0.2, 0) is 16.0 Å². The summed E-state index contributed by atoms with van der Waals surface area (Å²) in [6.07, 6.45) is 0.205. The largest absolute Gasteiger partial charge is 0.369 e. The van der Waals surface area contributed by atoms with E-state index < -0.39 is 0 Å². The van der Waals surface area contributed by atoms with E-state index in [9.17, 15) is 9.59 Å². The van der Waals surface area contributed by atoms with Crippen LogP contribution < -0.4 is 11.1 Å². The summed E-state index contributed by atoms with van der Waals surface area (Å²) in [5.74, 6) is -0.377. The van der Waals surface area contributed by atoms with Crippen LogP contribution in [0.5, 0.6) is 0 Å². The Bertz CT molecular complexity index is 472. The minimum absolute atomic E-state index is 0.00990. The van der Waals surface area contributed by atoms with Gasteiger partial charge in [0.25, 0.3) is 0 Å². The Hall–Kier alpha value is -1.08. The molecule has 0 aliphatic heterocycles. The van der Waals surface area contributed by atoms with Gasteiger partial charge in [0.15, 0.2) is 4.34 Å². The van der Waals surface area contributed by atoms with Gasteiger partial charge in [0, 0.05) is 10.9 Å². The third-order valence-electron chi connectivity index (χ3n) is 2.29. The third-order valence-corrected chi connectivity index (χ3v) is 4.64. The SMILES string of the molecule is Cc1nc(SC(C)C(=O)NC(C)C)sc1CC(N)=O. The van der Waals surface area contributed by atoms with Crippen molar-refractivity contribution < 1.29 is 9.59 Å². The van der Waals surface area contributed by atoms with Gasteiger partial charge in [0.1, 0.15) is 0 Å². The Morgan fingerprint density at radius 1 is 1.42 bits per heavy atom. The Balaban J connectivity index is 2.67. The highest BCUT2D eigenvalue weighted by atomic mass is 32.2. The fourth-order valence-corrected chi connectivity index (χ4v) is 3.78. The highest BCUT2D eigenvalue weighted by Gasteiger charge is 2.18. The zero-order chi connectivity index (χ0) is 14.6. The summed E-state index contributed by atoms with van der Waals surface area (Å²) in [5.41, 5.74) is 5.98. The summed E-state index contributed by atoms with van der Waals surface area (Å²) in [5, 5.41) is 2.65. The van der Waals surface area contributed by atoms with E-state index in [1.807, 2.05) is 27.7 Å². The summed E-state index contributed by atoms with van der Waals surface area (Å²) >= 11 is 2.82. The standard InChI is InChI=1S/C12H19N3O2S2/c1-6(2)14-11(17)8(4)18-12-15-7(3)9(19-12)5-10(13)16/h6,8H,5H2,1-4H3,(H2,13,16)(H,14,17). The molecule has 0 fully saturated rings. The first-order valence-corrected chi connectivity index (χ1v) is 7.70. The van der Waals surface area contributed by atoms with Gasteiger partial charge < -0.3 is 11.1 Å². The van der Waals surface area contributed by atoms with Crippen LogP contribution in [0.2, 0.25) is 0 Å². The molecule has 1 rings (SSSR count). The fourth-order valence-electron chi connectivity index (χ4n) is 1.38. The summed E-state index contributed by atoms with van der Waals surface area (Å²) in [6, 6.07) is 0.124. The first-order chi connectivity index (χ1) is 8.79. The van der Waals surface area contributed by atoms with Crippen LogP contribution >= 0.6 is 23.1 Å². The van der Waals surface area contributed by atoms with Gasteiger partial charge in [-0.1, -0.05) is 11.8 Å². The zero-order valence-electron chi connectivity index (χ0n) is 11.5. The Kier molecular flexibility index (Phi) is 5.81. The van der Waals surface area contributed by atoms with Crippen LogP contribution in [0.4, 0.5) is 0 Å². The average molecular weight is 301 g/mol. The topological polar surface area (TPSA) is 85.1 Å². The molecule has 3 N–H and O–H groups in total. The molecule has 2 amide bonds. The molecule has 1 atom stereocenters. The molecule has 0 saturated heterocycles. The number of thioether (sulfide) groups is 1. The molecule has 0 aromatic carbocycles. The second-order valence-corrected chi connectivity index (χ2v) is 7.23. The van der Waals surface area contributed by atoms with Gasteiger partial charge >= 0.3 is 0 Å².